The smallest absolute Gasteiger partial charge is 0.391 e. The van der Waals surface area contributed by atoms with Crippen LogP contribution in [-0.2, 0) is 11.3 Å². The van der Waals surface area contributed by atoms with Crippen LogP contribution < -0.4 is 16.6 Å². The molecular weight excluding hydrogens is 442 g/mol. The molecule has 2 aromatic heterocycles. The number of rotatable bonds is 6. The Kier molecular flexibility index (Phi) is 5.89. The molecule has 0 aliphatic rings. The van der Waals surface area contributed by atoms with Gasteiger partial charge in [0.25, 0.3) is 5.56 Å². The minimum absolute atomic E-state index is 0.177. The molecule has 0 unspecified atom stereocenters. The number of hydrogen-bond acceptors (Lipinski definition) is 4. The summed E-state index contributed by atoms with van der Waals surface area (Å²) in [6, 6.07) is 23.8. The molecule has 1 N–H and O–H groups in total. The molecule has 0 radical (unpaired) electrons. The summed E-state index contributed by atoms with van der Waals surface area (Å²) in [5.41, 5.74) is 2.51. The van der Waals surface area contributed by atoms with Crippen LogP contribution in [0, 0.1) is 0 Å². The van der Waals surface area contributed by atoms with Crippen LogP contribution in [0.1, 0.15) is 18.9 Å². The molecular formula is C28H23N3O4. The van der Waals surface area contributed by atoms with Crippen LogP contribution >= 0.6 is 0 Å². The number of anilines is 1. The molecule has 0 bridgehead atoms. The van der Waals surface area contributed by atoms with Crippen molar-refractivity contribution in [2.75, 3.05) is 5.32 Å². The van der Waals surface area contributed by atoms with Crippen molar-refractivity contribution in [2.24, 2.45) is 0 Å². The molecule has 3 aromatic carbocycles. The zero-order valence-electron chi connectivity index (χ0n) is 19.1. The Hall–Kier alpha value is -4.65. The van der Waals surface area contributed by atoms with Crippen molar-refractivity contribution in [2.45, 2.75) is 19.9 Å². The van der Waals surface area contributed by atoms with Gasteiger partial charge in [0.2, 0.25) is 11.6 Å². The fraction of sp³-hybridized carbons (Fsp3) is 0.107. The van der Waals surface area contributed by atoms with Crippen LogP contribution in [0.2, 0.25) is 0 Å². The summed E-state index contributed by atoms with van der Waals surface area (Å²) >= 11 is 0. The van der Waals surface area contributed by atoms with E-state index in [4.69, 9.17) is 4.42 Å². The van der Waals surface area contributed by atoms with Crippen LogP contribution in [0.5, 0.6) is 0 Å². The highest BCUT2D eigenvalue weighted by Crippen LogP contribution is 2.29. The molecule has 0 saturated heterocycles. The lowest BCUT2D eigenvalue weighted by Crippen LogP contribution is -2.31. The monoisotopic (exact) mass is 465 g/mol. The fourth-order valence-electron chi connectivity index (χ4n) is 4.24. The lowest BCUT2D eigenvalue weighted by atomic mass is 10.1. The van der Waals surface area contributed by atoms with Crippen molar-refractivity contribution in [3.05, 3.63) is 111 Å². The van der Waals surface area contributed by atoms with Crippen LogP contribution in [0.3, 0.4) is 0 Å². The fourth-order valence-corrected chi connectivity index (χ4v) is 4.24. The Labute approximate surface area is 200 Å². The number of amides is 1. The van der Waals surface area contributed by atoms with Crippen molar-refractivity contribution >= 4 is 39.7 Å². The molecule has 0 spiro atoms. The zero-order valence-corrected chi connectivity index (χ0v) is 19.1. The summed E-state index contributed by atoms with van der Waals surface area (Å²) in [5, 5.41) is 3.79. The van der Waals surface area contributed by atoms with Crippen molar-refractivity contribution in [1.29, 1.82) is 0 Å². The number of hydrogen-bond donors (Lipinski definition) is 1. The summed E-state index contributed by atoms with van der Waals surface area (Å²) in [5.74, 6) is -0.922. The van der Waals surface area contributed by atoms with E-state index in [-0.39, 0.29) is 18.0 Å². The van der Waals surface area contributed by atoms with Gasteiger partial charge in [-0.2, -0.15) is 0 Å². The normalized spacial score (nSPS) is 11.5. The van der Waals surface area contributed by atoms with Gasteiger partial charge in [-0.3, -0.25) is 9.59 Å². The van der Waals surface area contributed by atoms with Gasteiger partial charge >= 0.3 is 5.76 Å². The van der Waals surface area contributed by atoms with Gasteiger partial charge in [0, 0.05) is 24.0 Å². The average molecular weight is 466 g/mol. The third-order valence-electron chi connectivity index (χ3n) is 5.83. The minimum Gasteiger partial charge on any atom is -0.391 e. The summed E-state index contributed by atoms with van der Waals surface area (Å²) < 4.78 is 8.44. The average Bonchev–Trinajstić information content (AvgIpc) is 3.18. The molecule has 2 heterocycles. The van der Waals surface area contributed by atoms with Gasteiger partial charge < -0.3 is 14.3 Å². The first-order valence-corrected chi connectivity index (χ1v) is 11.4. The second-order valence-corrected chi connectivity index (χ2v) is 8.07. The summed E-state index contributed by atoms with van der Waals surface area (Å²) in [7, 11) is 0. The molecule has 0 aliphatic heterocycles. The van der Waals surface area contributed by atoms with Gasteiger partial charge in [-0.15, -0.1) is 0 Å². The Morgan fingerprint density at radius 3 is 2.40 bits per heavy atom. The summed E-state index contributed by atoms with van der Waals surface area (Å²) in [6.07, 6.45) is 3.91. The first-order chi connectivity index (χ1) is 17.1. The molecule has 0 atom stereocenters. The number of carbonyl (C=O) groups excluding carboxylic acids is 1. The van der Waals surface area contributed by atoms with Crippen LogP contribution in [-0.4, -0.2) is 15.0 Å². The Balaban J connectivity index is 1.54. The van der Waals surface area contributed by atoms with Crippen molar-refractivity contribution in [3.63, 3.8) is 0 Å². The maximum atomic E-state index is 13.5. The lowest BCUT2D eigenvalue weighted by molar-refractivity contribution is -0.115. The number of nitrogens with zero attached hydrogens (tertiary/aromatic N) is 2. The minimum atomic E-state index is -0.745. The molecule has 35 heavy (non-hydrogen) atoms. The van der Waals surface area contributed by atoms with Gasteiger partial charge in [0.05, 0.1) is 11.2 Å². The highest BCUT2D eigenvalue weighted by atomic mass is 16.4. The number of nitrogens with one attached hydrogen (secondary N) is 1. The predicted molar refractivity (Wildman–Crippen MR) is 138 cm³/mol. The Morgan fingerprint density at radius 1 is 0.971 bits per heavy atom. The lowest BCUT2D eigenvalue weighted by Gasteiger charge is -2.05. The number of carbonyl (C=O) groups is 1. The molecule has 0 saturated carbocycles. The van der Waals surface area contributed by atoms with E-state index < -0.39 is 11.3 Å². The second-order valence-electron chi connectivity index (χ2n) is 8.07. The molecule has 1 amide bonds. The third kappa shape index (κ3) is 4.19. The first-order valence-electron chi connectivity index (χ1n) is 11.4. The summed E-state index contributed by atoms with van der Waals surface area (Å²) in [4.78, 5) is 38.8. The van der Waals surface area contributed by atoms with E-state index in [9.17, 15) is 14.4 Å². The van der Waals surface area contributed by atoms with Gasteiger partial charge in [-0.1, -0.05) is 60.7 Å². The molecule has 0 aliphatic carbocycles. The molecule has 5 aromatic rings. The van der Waals surface area contributed by atoms with Gasteiger partial charge in [0.15, 0.2) is 0 Å². The van der Waals surface area contributed by atoms with E-state index in [1.54, 1.807) is 47.0 Å². The van der Waals surface area contributed by atoms with Crippen molar-refractivity contribution in [3.8, 4) is 5.69 Å². The SMILES string of the molecule is CCn1c2ccc(NC(=O)C/C=C/c3ccccc3)cc2c2c(=O)n(-c3ccccc3)c(=O)oc21. The topological polar surface area (TPSA) is 86.2 Å². The maximum Gasteiger partial charge on any atom is 0.428 e. The van der Waals surface area contributed by atoms with Gasteiger partial charge in [0.1, 0.15) is 5.39 Å². The van der Waals surface area contributed by atoms with Crippen molar-refractivity contribution < 1.29 is 9.21 Å². The zero-order chi connectivity index (χ0) is 24.4. The summed E-state index contributed by atoms with van der Waals surface area (Å²) in [6.45, 7) is 2.42. The number of para-hydroxylation sites is 1. The predicted octanol–water partition coefficient (Wildman–Crippen LogP) is 4.96. The maximum absolute atomic E-state index is 13.5. The van der Waals surface area contributed by atoms with Crippen molar-refractivity contribution in [1.82, 2.24) is 9.13 Å². The molecule has 174 valence electrons. The number of aromatic nitrogens is 2. The van der Waals surface area contributed by atoms with Gasteiger partial charge in [-0.25, -0.2) is 9.36 Å². The first kappa shape index (κ1) is 22.2. The third-order valence-corrected chi connectivity index (χ3v) is 5.83. The molecule has 7 nitrogen and oxygen atoms in total. The second kappa shape index (κ2) is 9.30. The van der Waals surface area contributed by atoms with E-state index in [0.29, 0.717) is 28.7 Å². The molecule has 5 rings (SSSR count). The van der Waals surface area contributed by atoms with E-state index in [0.717, 1.165) is 15.6 Å². The highest BCUT2D eigenvalue weighted by Gasteiger charge is 2.20. The van der Waals surface area contributed by atoms with Crippen LogP contribution in [0.15, 0.2) is 98.9 Å². The standard InChI is InChI=1S/C28H23N3O4/c1-2-30-23-17-16-20(29-24(32)15-9-12-19-10-5-3-6-11-19)18-22(23)25-26(33)31(28(34)35-27(25)30)21-13-7-4-8-14-21/h3-14,16-18H,2,15H2,1H3,(H,29,32)/b12-9+. The van der Waals surface area contributed by atoms with Crippen LogP contribution in [0.4, 0.5) is 5.69 Å². The molecule has 0 fully saturated rings. The quantitative estimate of drug-likeness (QED) is 0.384. The van der Waals surface area contributed by atoms with Crippen LogP contribution in [0.25, 0.3) is 33.8 Å². The largest absolute Gasteiger partial charge is 0.428 e. The number of aryl methyl sites for hydroxylation is 1. The molecule has 7 heteroatoms. The van der Waals surface area contributed by atoms with E-state index >= 15 is 0 Å². The Morgan fingerprint density at radius 2 is 1.69 bits per heavy atom. The Bertz CT molecular complexity index is 1680. The van der Waals surface area contributed by atoms with E-state index in [2.05, 4.69) is 5.32 Å². The van der Waals surface area contributed by atoms with Gasteiger partial charge in [-0.05, 0) is 42.8 Å². The van der Waals surface area contributed by atoms with E-state index in [1.807, 2.05) is 55.5 Å². The number of benzene rings is 3. The number of fused-ring (bicyclic) bond motifs is 3. The van der Waals surface area contributed by atoms with E-state index in [1.165, 1.54) is 0 Å². The highest BCUT2D eigenvalue weighted by molar-refractivity contribution is 6.07.